The standard InChI is InChI=1S/C16H22N4O3/c1-15(2,3)23-14(21)18-20-13-11(9-10-16(4,5)22)7-6-8-12(13)17-19-20/h6-10,22H,1-5H3,(H,18,21)/b10-9-. The summed E-state index contributed by atoms with van der Waals surface area (Å²) in [5.41, 5.74) is 3.01. The van der Waals surface area contributed by atoms with Gasteiger partial charge in [0.1, 0.15) is 16.6 Å². The number of rotatable bonds is 3. The molecule has 0 saturated heterocycles. The highest BCUT2D eigenvalue weighted by atomic mass is 16.6. The topological polar surface area (TPSA) is 89.3 Å². The van der Waals surface area contributed by atoms with Crippen LogP contribution in [0.25, 0.3) is 17.1 Å². The number of carbonyl (C=O) groups is 1. The maximum absolute atomic E-state index is 11.9. The fourth-order valence-corrected chi connectivity index (χ4v) is 1.89. The van der Waals surface area contributed by atoms with Crippen molar-refractivity contribution >= 4 is 23.2 Å². The van der Waals surface area contributed by atoms with Gasteiger partial charge in [0.25, 0.3) is 0 Å². The normalized spacial score (nSPS) is 12.8. The maximum Gasteiger partial charge on any atom is 0.428 e. The molecule has 0 unspecified atom stereocenters. The lowest BCUT2D eigenvalue weighted by molar-refractivity contribution is 0.0610. The summed E-state index contributed by atoms with van der Waals surface area (Å²) in [6.45, 7) is 8.70. The van der Waals surface area contributed by atoms with E-state index in [-0.39, 0.29) is 0 Å². The minimum Gasteiger partial charge on any atom is -0.443 e. The first-order valence-electron chi connectivity index (χ1n) is 7.31. The van der Waals surface area contributed by atoms with Crippen molar-refractivity contribution in [1.29, 1.82) is 0 Å². The van der Waals surface area contributed by atoms with Crippen LogP contribution in [0.1, 0.15) is 40.2 Å². The van der Waals surface area contributed by atoms with E-state index in [1.54, 1.807) is 52.8 Å². The summed E-state index contributed by atoms with van der Waals surface area (Å²) < 4.78 is 5.22. The smallest absolute Gasteiger partial charge is 0.428 e. The van der Waals surface area contributed by atoms with E-state index in [1.165, 1.54) is 4.79 Å². The van der Waals surface area contributed by atoms with Gasteiger partial charge in [-0.05, 0) is 45.9 Å². The molecule has 1 heterocycles. The van der Waals surface area contributed by atoms with Crippen molar-refractivity contribution in [2.45, 2.75) is 45.8 Å². The highest BCUT2D eigenvalue weighted by Crippen LogP contribution is 2.19. The number of fused-ring (bicyclic) bond motifs is 1. The van der Waals surface area contributed by atoms with Crippen molar-refractivity contribution < 1.29 is 14.6 Å². The van der Waals surface area contributed by atoms with Gasteiger partial charge >= 0.3 is 6.09 Å². The number of nitrogens with zero attached hydrogens (tertiary/aromatic N) is 3. The van der Waals surface area contributed by atoms with E-state index in [4.69, 9.17) is 4.74 Å². The first-order valence-corrected chi connectivity index (χ1v) is 7.31. The second-order valence-electron chi connectivity index (χ2n) is 6.82. The van der Waals surface area contributed by atoms with Gasteiger partial charge in [-0.15, -0.1) is 9.89 Å². The molecular formula is C16H22N4O3. The Hall–Kier alpha value is -2.41. The van der Waals surface area contributed by atoms with Crippen LogP contribution in [0.5, 0.6) is 0 Å². The van der Waals surface area contributed by atoms with Crippen LogP contribution in [-0.4, -0.2) is 37.5 Å². The fourth-order valence-electron chi connectivity index (χ4n) is 1.89. The van der Waals surface area contributed by atoms with Crippen molar-refractivity contribution in [3.8, 4) is 0 Å². The molecule has 1 aromatic carbocycles. The molecule has 0 aliphatic rings. The van der Waals surface area contributed by atoms with Crippen LogP contribution < -0.4 is 5.43 Å². The Morgan fingerprint density at radius 1 is 1.30 bits per heavy atom. The lowest BCUT2D eigenvalue weighted by atomic mass is 10.1. The number of benzene rings is 1. The average molecular weight is 318 g/mol. The fraction of sp³-hybridized carbons (Fsp3) is 0.438. The highest BCUT2D eigenvalue weighted by Gasteiger charge is 2.18. The third kappa shape index (κ3) is 4.79. The molecule has 2 N–H and O–H groups in total. The minimum atomic E-state index is -0.945. The van der Waals surface area contributed by atoms with Crippen LogP contribution in [0.3, 0.4) is 0 Å². The largest absolute Gasteiger partial charge is 0.443 e. The summed E-state index contributed by atoms with van der Waals surface area (Å²) in [6.07, 6.45) is 2.80. The molecule has 1 amide bonds. The van der Waals surface area contributed by atoms with Crippen molar-refractivity contribution in [2.75, 3.05) is 5.43 Å². The molecule has 2 rings (SSSR count). The number of nitrogens with one attached hydrogen (secondary N) is 1. The Balaban J connectivity index is 2.35. The summed E-state index contributed by atoms with van der Waals surface area (Å²) in [6, 6.07) is 5.47. The molecule has 0 fully saturated rings. The van der Waals surface area contributed by atoms with Crippen molar-refractivity contribution in [1.82, 2.24) is 15.1 Å². The van der Waals surface area contributed by atoms with Gasteiger partial charge in [0.15, 0.2) is 0 Å². The number of para-hydroxylation sites is 1. The third-order valence-electron chi connectivity index (χ3n) is 2.77. The van der Waals surface area contributed by atoms with Gasteiger partial charge in [0.05, 0.1) is 5.60 Å². The Labute approximate surface area is 134 Å². The monoisotopic (exact) mass is 318 g/mol. The molecule has 7 nitrogen and oxygen atoms in total. The number of carbonyl (C=O) groups excluding carboxylic acids is 1. The zero-order chi connectivity index (χ0) is 17.3. The molecule has 1 aromatic heterocycles. The van der Waals surface area contributed by atoms with Crippen LogP contribution in [0.4, 0.5) is 4.79 Å². The van der Waals surface area contributed by atoms with E-state index >= 15 is 0 Å². The van der Waals surface area contributed by atoms with Crippen LogP contribution in [-0.2, 0) is 4.74 Å². The zero-order valence-electron chi connectivity index (χ0n) is 14.0. The number of aliphatic hydroxyl groups is 1. The lowest BCUT2D eigenvalue weighted by Crippen LogP contribution is -2.32. The quantitative estimate of drug-likeness (QED) is 0.908. The van der Waals surface area contributed by atoms with Crippen LogP contribution in [0.15, 0.2) is 24.3 Å². The van der Waals surface area contributed by atoms with Gasteiger partial charge in [-0.3, -0.25) is 0 Å². The maximum atomic E-state index is 11.9. The van der Waals surface area contributed by atoms with Crippen molar-refractivity contribution in [2.24, 2.45) is 0 Å². The molecule has 0 spiro atoms. The van der Waals surface area contributed by atoms with Gasteiger partial charge in [-0.25, -0.2) is 10.2 Å². The van der Waals surface area contributed by atoms with Gasteiger partial charge in [-0.1, -0.05) is 24.3 Å². The van der Waals surface area contributed by atoms with Crippen molar-refractivity contribution in [3.05, 3.63) is 29.8 Å². The Bertz CT molecular complexity index is 736. The molecule has 124 valence electrons. The number of ether oxygens (including phenoxy) is 1. The van der Waals surface area contributed by atoms with E-state index in [9.17, 15) is 9.90 Å². The lowest BCUT2D eigenvalue weighted by Gasteiger charge is -2.19. The van der Waals surface area contributed by atoms with Gasteiger partial charge in [-0.2, -0.15) is 0 Å². The zero-order valence-corrected chi connectivity index (χ0v) is 14.0. The molecular weight excluding hydrogens is 296 g/mol. The SMILES string of the molecule is CC(C)(O)/C=C\c1cccc2nnn(NC(=O)OC(C)(C)C)c12. The predicted octanol–water partition coefficient (Wildman–Crippen LogP) is 2.69. The Morgan fingerprint density at radius 3 is 2.61 bits per heavy atom. The van der Waals surface area contributed by atoms with Crippen LogP contribution in [0.2, 0.25) is 0 Å². The molecule has 0 aliphatic carbocycles. The summed E-state index contributed by atoms with van der Waals surface area (Å²) in [5.74, 6) is 0. The molecule has 0 radical (unpaired) electrons. The molecule has 7 heteroatoms. The summed E-state index contributed by atoms with van der Waals surface area (Å²) >= 11 is 0. The molecule has 23 heavy (non-hydrogen) atoms. The molecule has 0 saturated carbocycles. The second-order valence-corrected chi connectivity index (χ2v) is 6.82. The van der Waals surface area contributed by atoms with E-state index in [0.717, 1.165) is 5.56 Å². The Kier molecular flexibility index (Phi) is 4.42. The van der Waals surface area contributed by atoms with E-state index in [0.29, 0.717) is 11.0 Å². The van der Waals surface area contributed by atoms with Crippen LogP contribution in [0, 0.1) is 0 Å². The van der Waals surface area contributed by atoms with Crippen LogP contribution >= 0.6 is 0 Å². The Morgan fingerprint density at radius 2 is 2.00 bits per heavy atom. The highest BCUT2D eigenvalue weighted by molar-refractivity contribution is 5.87. The summed E-state index contributed by atoms with van der Waals surface area (Å²) in [7, 11) is 0. The van der Waals surface area contributed by atoms with Gasteiger partial charge in [0.2, 0.25) is 0 Å². The molecule has 0 atom stereocenters. The first kappa shape index (κ1) is 17.0. The van der Waals surface area contributed by atoms with Crippen molar-refractivity contribution in [3.63, 3.8) is 0 Å². The first-order chi connectivity index (χ1) is 10.6. The summed E-state index contributed by atoms with van der Waals surface area (Å²) in [4.78, 5) is 13.2. The predicted molar refractivity (Wildman–Crippen MR) is 88.5 cm³/mol. The number of hydrogen-bond acceptors (Lipinski definition) is 5. The number of amides is 1. The molecule has 0 aliphatic heterocycles. The second kappa shape index (κ2) is 6.00. The summed E-state index contributed by atoms with van der Waals surface area (Å²) in [5, 5.41) is 17.8. The van der Waals surface area contributed by atoms with Gasteiger partial charge < -0.3 is 9.84 Å². The molecule has 2 aromatic rings. The van der Waals surface area contributed by atoms with Gasteiger partial charge in [0, 0.05) is 5.56 Å². The number of hydrogen-bond donors (Lipinski definition) is 2. The average Bonchev–Trinajstić information content (AvgIpc) is 2.77. The third-order valence-corrected chi connectivity index (χ3v) is 2.77. The minimum absolute atomic E-state index is 0.607. The number of aromatic nitrogens is 3. The van der Waals surface area contributed by atoms with E-state index in [2.05, 4.69) is 15.7 Å². The molecule has 0 bridgehead atoms. The van der Waals surface area contributed by atoms with E-state index in [1.807, 2.05) is 12.1 Å². The van der Waals surface area contributed by atoms with E-state index < -0.39 is 17.3 Å².